The van der Waals surface area contributed by atoms with Gasteiger partial charge < -0.3 is 0 Å². The third-order valence-electron chi connectivity index (χ3n) is 6.74. The topological polar surface area (TPSA) is 37.4 Å². The highest BCUT2D eigenvalue weighted by Gasteiger charge is 2.69. The second-order valence-electron chi connectivity index (χ2n) is 8.12. The van der Waals surface area contributed by atoms with Gasteiger partial charge in [0.1, 0.15) is 5.41 Å². The predicted octanol–water partition coefficient (Wildman–Crippen LogP) is 4.78. The molecule has 30 heavy (non-hydrogen) atoms. The number of likely N-dealkylation sites (tertiary alicyclic amines) is 1. The summed E-state index contributed by atoms with van der Waals surface area (Å²) in [6.45, 7) is 0. The van der Waals surface area contributed by atoms with E-state index >= 15 is 0 Å². The summed E-state index contributed by atoms with van der Waals surface area (Å²) in [5.41, 5.74) is 5.96. The molecule has 1 saturated heterocycles. The monoisotopic (exact) mass is 389 g/mol. The minimum absolute atomic E-state index is 0.128. The number of rotatable bonds is 2. The zero-order valence-corrected chi connectivity index (χ0v) is 16.5. The number of hydrogen-bond acceptors (Lipinski definition) is 2. The number of imide groups is 1. The minimum Gasteiger partial charge on any atom is -0.281 e. The Morgan fingerprint density at radius 2 is 1.37 bits per heavy atom. The maximum absolute atomic E-state index is 13.7. The van der Waals surface area contributed by atoms with Crippen molar-refractivity contribution < 1.29 is 9.59 Å². The van der Waals surface area contributed by atoms with Gasteiger partial charge in [0.15, 0.2) is 0 Å². The van der Waals surface area contributed by atoms with Gasteiger partial charge in [-0.2, -0.15) is 0 Å². The first-order valence-electron chi connectivity index (χ1n) is 10.1. The molecule has 3 nitrogen and oxygen atoms in total. The molecule has 0 bridgehead atoms. The normalized spacial score (nSPS) is 24.1. The second kappa shape index (κ2) is 5.90. The van der Waals surface area contributed by atoms with Crippen LogP contribution in [0.2, 0.25) is 0 Å². The molecule has 0 radical (unpaired) electrons. The molecule has 1 aliphatic heterocycles. The van der Waals surface area contributed by atoms with Crippen molar-refractivity contribution in [1.82, 2.24) is 4.90 Å². The molecule has 0 aromatic heterocycles. The van der Waals surface area contributed by atoms with Crippen LogP contribution in [0, 0.1) is 5.41 Å². The van der Waals surface area contributed by atoms with Crippen molar-refractivity contribution in [3.8, 4) is 0 Å². The molecule has 3 aromatic rings. The van der Waals surface area contributed by atoms with Crippen molar-refractivity contribution in [3.63, 3.8) is 0 Å². The number of fused-ring (bicyclic) bond motifs is 2. The highest BCUT2D eigenvalue weighted by Crippen LogP contribution is 2.72. The molecular weight excluding hydrogens is 370 g/mol. The standard InChI is InChI=1S/C27H19NO2/c1-28-25(29)21-16-19-14-8-9-15-20(19)24-22(17-10-4-2-5-11-17)23(27(21,24)26(28)30)18-12-6-3-7-13-18/h2-16,24H,1H3/t24-,27-/m0/s1. The molecule has 144 valence electrons. The molecule has 1 spiro atoms. The van der Waals surface area contributed by atoms with Crippen molar-refractivity contribution in [2.24, 2.45) is 5.41 Å². The quantitative estimate of drug-likeness (QED) is 0.592. The van der Waals surface area contributed by atoms with Gasteiger partial charge in [-0.1, -0.05) is 84.9 Å². The van der Waals surface area contributed by atoms with Crippen molar-refractivity contribution in [2.75, 3.05) is 7.05 Å². The van der Waals surface area contributed by atoms with Crippen molar-refractivity contribution >= 4 is 29.0 Å². The number of carbonyl (C=O) groups is 2. The highest BCUT2D eigenvalue weighted by atomic mass is 16.2. The Morgan fingerprint density at radius 1 is 0.767 bits per heavy atom. The Balaban J connectivity index is 1.76. The molecule has 1 fully saturated rings. The zero-order valence-electron chi connectivity index (χ0n) is 16.5. The third-order valence-corrected chi connectivity index (χ3v) is 6.74. The van der Waals surface area contributed by atoms with E-state index in [4.69, 9.17) is 0 Å². The lowest BCUT2D eigenvalue weighted by molar-refractivity contribution is -0.138. The van der Waals surface area contributed by atoms with Gasteiger partial charge in [0.2, 0.25) is 5.91 Å². The van der Waals surface area contributed by atoms with Gasteiger partial charge >= 0.3 is 0 Å². The lowest BCUT2D eigenvalue weighted by Gasteiger charge is -2.52. The van der Waals surface area contributed by atoms with E-state index in [-0.39, 0.29) is 17.7 Å². The van der Waals surface area contributed by atoms with Crippen LogP contribution in [0.1, 0.15) is 28.2 Å². The van der Waals surface area contributed by atoms with Crippen LogP contribution in [0.3, 0.4) is 0 Å². The van der Waals surface area contributed by atoms with E-state index < -0.39 is 5.41 Å². The molecule has 1 heterocycles. The lowest BCUT2D eigenvalue weighted by Crippen LogP contribution is -2.48. The Hall–Kier alpha value is -3.72. The molecule has 0 N–H and O–H groups in total. The van der Waals surface area contributed by atoms with Gasteiger partial charge in [0.25, 0.3) is 5.91 Å². The van der Waals surface area contributed by atoms with Crippen LogP contribution in [-0.2, 0) is 9.59 Å². The smallest absolute Gasteiger partial charge is 0.257 e. The second-order valence-corrected chi connectivity index (χ2v) is 8.12. The summed E-state index contributed by atoms with van der Waals surface area (Å²) in [5.74, 6) is -0.496. The molecule has 2 atom stereocenters. The van der Waals surface area contributed by atoms with E-state index in [0.717, 1.165) is 33.4 Å². The number of allylic oxidation sites excluding steroid dienone is 1. The summed E-state index contributed by atoms with van der Waals surface area (Å²) in [7, 11) is 1.60. The summed E-state index contributed by atoms with van der Waals surface area (Å²) in [5, 5.41) is 0. The zero-order chi connectivity index (χ0) is 20.5. The Morgan fingerprint density at radius 3 is 2.07 bits per heavy atom. The van der Waals surface area contributed by atoms with Crippen LogP contribution in [0.25, 0.3) is 17.2 Å². The van der Waals surface area contributed by atoms with Gasteiger partial charge in [-0.05, 0) is 39.5 Å². The van der Waals surface area contributed by atoms with Crippen LogP contribution in [0.4, 0.5) is 0 Å². The largest absolute Gasteiger partial charge is 0.281 e. The average Bonchev–Trinajstić information content (AvgIpc) is 2.97. The average molecular weight is 389 g/mol. The fraction of sp³-hybridized carbons (Fsp3) is 0.111. The molecular formula is C27H19NO2. The SMILES string of the molecule is CN1C(=O)C2=Cc3ccccc3[C@H]3C(c4ccccc4)=C(c4ccccc4)[C@@]23C1=O. The van der Waals surface area contributed by atoms with Crippen LogP contribution >= 0.6 is 0 Å². The number of carbonyl (C=O) groups excluding carboxylic acids is 2. The van der Waals surface area contributed by atoms with E-state index in [9.17, 15) is 9.59 Å². The molecule has 3 heteroatoms. The minimum atomic E-state index is -0.952. The number of likely N-dealkylation sites (N-methyl/N-ethyl adjacent to an activating group) is 1. The maximum atomic E-state index is 13.7. The fourth-order valence-corrected chi connectivity index (χ4v) is 5.52. The Kier molecular flexibility index (Phi) is 3.37. The first kappa shape index (κ1) is 17.2. The van der Waals surface area contributed by atoms with Crippen LogP contribution in [0.15, 0.2) is 90.5 Å². The molecule has 2 amide bonds. The van der Waals surface area contributed by atoms with Crippen molar-refractivity contribution in [3.05, 3.63) is 113 Å². The van der Waals surface area contributed by atoms with E-state index in [1.54, 1.807) is 7.05 Å². The summed E-state index contributed by atoms with van der Waals surface area (Å²) >= 11 is 0. The fourth-order valence-electron chi connectivity index (χ4n) is 5.52. The molecule has 0 saturated carbocycles. The van der Waals surface area contributed by atoms with Gasteiger partial charge in [-0.15, -0.1) is 0 Å². The van der Waals surface area contributed by atoms with Gasteiger partial charge in [-0.25, -0.2) is 0 Å². The molecule has 3 aliphatic rings. The first-order valence-corrected chi connectivity index (χ1v) is 10.1. The van der Waals surface area contributed by atoms with E-state index in [1.807, 2.05) is 72.8 Å². The van der Waals surface area contributed by atoms with Gasteiger partial charge in [0, 0.05) is 18.5 Å². The summed E-state index contributed by atoms with van der Waals surface area (Å²) < 4.78 is 0. The molecule has 3 aromatic carbocycles. The van der Waals surface area contributed by atoms with Crippen LogP contribution in [0.5, 0.6) is 0 Å². The Labute approximate surface area is 175 Å². The van der Waals surface area contributed by atoms with Crippen molar-refractivity contribution in [2.45, 2.75) is 5.92 Å². The number of nitrogens with zero attached hydrogens (tertiary/aromatic N) is 1. The third kappa shape index (κ3) is 1.90. The van der Waals surface area contributed by atoms with Crippen molar-refractivity contribution in [1.29, 1.82) is 0 Å². The molecule has 0 unspecified atom stereocenters. The van der Waals surface area contributed by atoms with E-state index in [1.165, 1.54) is 4.90 Å². The predicted molar refractivity (Wildman–Crippen MR) is 117 cm³/mol. The highest BCUT2D eigenvalue weighted by molar-refractivity contribution is 6.31. The van der Waals surface area contributed by atoms with Gasteiger partial charge in [0.05, 0.1) is 0 Å². The molecule has 6 rings (SSSR count). The van der Waals surface area contributed by atoms with Gasteiger partial charge in [-0.3, -0.25) is 14.5 Å². The van der Waals surface area contributed by atoms with Crippen LogP contribution < -0.4 is 0 Å². The lowest BCUT2D eigenvalue weighted by atomic mass is 9.47. The summed E-state index contributed by atoms with van der Waals surface area (Å²) in [6, 6.07) is 28.4. The summed E-state index contributed by atoms with van der Waals surface area (Å²) in [6.07, 6.45) is 1.93. The van der Waals surface area contributed by atoms with Crippen LogP contribution in [-0.4, -0.2) is 23.8 Å². The number of hydrogen-bond donors (Lipinski definition) is 0. The number of benzene rings is 3. The number of amides is 2. The van der Waals surface area contributed by atoms with E-state index in [2.05, 4.69) is 18.2 Å². The maximum Gasteiger partial charge on any atom is 0.257 e. The van der Waals surface area contributed by atoms with E-state index in [0.29, 0.717) is 5.57 Å². The Bertz CT molecular complexity index is 1290. The first-order chi connectivity index (χ1) is 14.7. The summed E-state index contributed by atoms with van der Waals surface area (Å²) in [4.78, 5) is 28.2. The molecule has 2 aliphatic carbocycles.